The molecule has 84 valence electrons. The number of nitrogens with one attached hydrogen (secondary N) is 1. The molecule has 2 rings (SSSR count). The third-order valence-corrected chi connectivity index (χ3v) is 3.80. The highest BCUT2D eigenvalue weighted by Crippen LogP contribution is 2.21. The summed E-state index contributed by atoms with van der Waals surface area (Å²) in [5, 5.41) is 12.3. The van der Waals surface area contributed by atoms with Crippen molar-refractivity contribution >= 4 is 15.9 Å². The molecule has 0 unspecified atom stereocenters. The first kappa shape index (κ1) is 11.6. The number of nitrogens with zero attached hydrogens (tertiary/aromatic N) is 1. The zero-order valence-corrected chi connectivity index (χ0v) is 10.8. The van der Waals surface area contributed by atoms with Gasteiger partial charge in [-0.3, -0.25) is 0 Å². The molecule has 1 heterocycles. The second-order valence-corrected chi connectivity index (χ2v) is 5.12. The highest BCUT2D eigenvalue weighted by Gasteiger charge is 2.14. The first-order chi connectivity index (χ1) is 7.79. The van der Waals surface area contributed by atoms with E-state index in [4.69, 9.17) is 5.26 Å². The third-order valence-electron chi connectivity index (χ3n) is 3.06. The molecule has 1 aliphatic heterocycles. The molecular weight excluding hydrogens is 264 g/mol. The number of hydrogen-bond acceptors (Lipinski definition) is 2. The van der Waals surface area contributed by atoms with E-state index in [2.05, 4.69) is 33.4 Å². The molecule has 3 heteroatoms. The minimum Gasteiger partial charge on any atom is -0.314 e. The van der Waals surface area contributed by atoms with Crippen LogP contribution in [0.1, 0.15) is 30.4 Å². The lowest BCUT2D eigenvalue weighted by atomic mass is 9.97. The van der Waals surface area contributed by atoms with Crippen molar-refractivity contribution in [3.63, 3.8) is 0 Å². The number of benzene rings is 1. The molecule has 0 aliphatic carbocycles. The second kappa shape index (κ2) is 5.47. The van der Waals surface area contributed by atoms with Crippen molar-refractivity contribution in [2.45, 2.75) is 31.7 Å². The fraction of sp³-hybridized carbons (Fsp3) is 0.462. The van der Waals surface area contributed by atoms with Crippen LogP contribution in [-0.2, 0) is 6.42 Å². The van der Waals surface area contributed by atoms with E-state index in [1.165, 1.54) is 24.8 Å². The molecule has 1 fully saturated rings. The molecule has 2 nitrogen and oxygen atoms in total. The summed E-state index contributed by atoms with van der Waals surface area (Å²) in [6.45, 7) is 1.14. The fourth-order valence-electron chi connectivity index (χ4n) is 2.15. The first-order valence-electron chi connectivity index (χ1n) is 5.71. The minimum atomic E-state index is 0.595. The Morgan fingerprint density at radius 1 is 1.44 bits per heavy atom. The Kier molecular flexibility index (Phi) is 3.98. The Hall–Kier alpha value is -0.850. The zero-order chi connectivity index (χ0) is 11.4. The van der Waals surface area contributed by atoms with Crippen LogP contribution in [0.2, 0.25) is 0 Å². The highest BCUT2D eigenvalue weighted by atomic mass is 79.9. The van der Waals surface area contributed by atoms with Crippen LogP contribution in [0.3, 0.4) is 0 Å². The van der Waals surface area contributed by atoms with Crippen molar-refractivity contribution < 1.29 is 0 Å². The van der Waals surface area contributed by atoms with Crippen molar-refractivity contribution in [1.29, 1.82) is 5.26 Å². The van der Waals surface area contributed by atoms with E-state index in [1.54, 1.807) is 0 Å². The SMILES string of the molecule is N#Cc1ccc(C[C@H]2CCCCN2)c(Br)c1. The van der Waals surface area contributed by atoms with E-state index in [-0.39, 0.29) is 0 Å². The van der Waals surface area contributed by atoms with Gasteiger partial charge in [0, 0.05) is 10.5 Å². The average molecular weight is 279 g/mol. The summed E-state index contributed by atoms with van der Waals surface area (Å²) in [5.74, 6) is 0. The van der Waals surface area contributed by atoms with Crippen LogP contribution in [0.25, 0.3) is 0 Å². The van der Waals surface area contributed by atoms with Gasteiger partial charge in [0.15, 0.2) is 0 Å². The van der Waals surface area contributed by atoms with E-state index in [9.17, 15) is 0 Å². The lowest BCUT2D eigenvalue weighted by Crippen LogP contribution is -2.35. The number of piperidine rings is 1. The van der Waals surface area contributed by atoms with Crippen molar-refractivity contribution in [2.24, 2.45) is 0 Å². The van der Waals surface area contributed by atoms with Crippen LogP contribution in [0.15, 0.2) is 22.7 Å². The van der Waals surface area contributed by atoms with Gasteiger partial charge >= 0.3 is 0 Å². The van der Waals surface area contributed by atoms with Crippen LogP contribution in [0.4, 0.5) is 0 Å². The number of hydrogen-bond donors (Lipinski definition) is 1. The minimum absolute atomic E-state index is 0.595. The van der Waals surface area contributed by atoms with Crippen LogP contribution in [-0.4, -0.2) is 12.6 Å². The van der Waals surface area contributed by atoms with Crippen molar-refractivity contribution in [3.05, 3.63) is 33.8 Å². The predicted molar refractivity (Wildman–Crippen MR) is 68.2 cm³/mol. The normalized spacial score (nSPS) is 20.4. The Morgan fingerprint density at radius 3 is 2.94 bits per heavy atom. The highest BCUT2D eigenvalue weighted by molar-refractivity contribution is 9.10. The van der Waals surface area contributed by atoms with Crippen molar-refractivity contribution in [1.82, 2.24) is 5.32 Å². The summed E-state index contributed by atoms with van der Waals surface area (Å²) in [7, 11) is 0. The van der Waals surface area contributed by atoms with Gasteiger partial charge in [-0.1, -0.05) is 28.4 Å². The van der Waals surface area contributed by atoms with Gasteiger partial charge in [0.05, 0.1) is 11.6 Å². The smallest absolute Gasteiger partial charge is 0.0992 e. The van der Waals surface area contributed by atoms with E-state index in [0.29, 0.717) is 11.6 Å². The van der Waals surface area contributed by atoms with Gasteiger partial charge in [0.2, 0.25) is 0 Å². The molecule has 1 aromatic rings. The first-order valence-corrected chi connectivity index (χ1v) is 6.51. The number of halogens is 1. The average Bonchev–Trinajstić information content (AvgIpc) is 2.33. The fourth-order valence-corrected chi connectivity index (χ4v) is 2.69. The standard InChI is InChI=1S/C13H15BrN2/c14-13-7-10(9-15)4-5-11(13)8-12-3-1-2-6-16-12/h4-5,7,12,16H,1-3,6,8H2/t12-/m1/s1. The monoisotopic (exact) mass is 278 g/mol. The molecule has 1 aliphatic rings. The van der Waals surface area contributed by atoms with Crippen LogP contribution in [0.5, 0.6) is 0 Å². The molecule has 1 atom stereocenters. The maximum absolute atomic E-state index is 8.79. The maximum atomic E-state index is 8.79. The summed E-state index contributed by atoms with van der Waals surface area (Å²) in [5.41, 5.74) is 2.01. The number of nitriles is 1. The van der Waals surface area contributed by atoms with Gasteiger partial charge in [0.1, 0.15) is 0 Å². The largest absolute Gasteiger partial charge is 0.314 e. The van der Waals surface area contributed by atoms with E-state index in [0.717, 1.165) is 17.4 Å². The third kappa shape index (κ3) is 2.84. The van der Waals surface area contributed by atoms with Crippen molar-refractivity contribution in [2.75, 3.05) is 6.54 Å². The molecule has 0 saturated carbocycles. The Morgan fingerprint density at radius 2 is 2.31 bits per heavy atom. The summed E-state index contributed by atoms with van der Waals surface area (Å²) in [6.07, 6.45) is 4.93. The van der Waals surface area contributed by atoms with Crippen LogP contribution in [0, 0.1) is 11.3 Å². The molecule has 1 aromatic carbocycles. The van der Waals surface area contributed by atoms with Gasteiger partial charge in [-0.15, -0.1) is 0 Å². The number of rotatable bonds is 2. The van der Waals surface area contributed by atoms with Crippen LogP contribution < -0.4 is 5.32 Å². The summed E-state index contributed by atoms with van der Waals surface area (Å²) >= 11 is 3.54. The predicted octanol–water partition coefficient (Wildman–Crippen LogP) is 3.01. The lowest BCUT2D eigenvalue weighted by Gasteiger charge is -2.23. The van der Waals surface area contributed by atoms with E-state index in [1.807, 2.05) is 12.1 Å². The molecule has 1 saturated heterocycles. The summed E-state index contributed by atoms with van der Waals surface area (Å²) < 4.78 is 1.05. The lowest BCUT2D eigenvalue weighted by molar-refractivity contribution is 0.399. The summed E-state index contributed by atoms with van der Waals surface area (Å²) in [6, 6.07) is 8.60. The Balaban J connectivity index is 2.06. The van der Waals surface area contributed by atoms with Gasteiger partial charge in [-0.05, 0) is 43.5 Å². The Labute approximate surface area is 105 Å². The topological polar surface area (TPSA) is 35.8 Å². The molecule has 0 spiro atoms. The van der Waals surface area contributed by atoms with E-state index >= 15 is 0 Å². The Bertz CT molecular complexity index is 403. The van der Waals surface area contributed by atoms with E-state index < -0.39 is 0 Å². The molecule has 1 N–H and O–H groups in total. The van der Waals surface area contributed by atoms with Crippen molar-refractivity contribution in [3.8, 4) is 6.07 Å². The quantitative estimate of drug-likeness (QED) is 0.903. The molecule has 0 amide bonds. The zero-order valence-electron chi connectivity index (χ0n) is 9.17. The molecule has 0 radical (unpaired) electrons. The summed E-state index contributed by atoms with van der Waals surface area (Å²) in [4.78, 5) is 0. The van der Waals surface area contributed by atoms with Gasteiger partial charge in [0.25, 0.3) is 0 Å². The molecule has 0 bridgehead atoms. The van der Waals surface area contributed by atoms with Crippen LogP contribution >= 0.6 is 15.9 Å². The van der Waals surface area contributed by atoms with Gasteiger partial charge < -0.3 is 5.32 Å². The van der Waals surface area contributed by atoms with Gasteiger partial charge in [-0.2, -0.15) is 5.26 Å². The molecular formula is C13H15BrN2. The van der Waals surface area contributed by atoms with Gasteiger partial charge in [-0.25, -0.2) is 0 Å². The molecule has 0 aromatic heterocycles. The maximum Gasteiger partial charge on any atom is 0.0992 e. The second-order valence-electron chi connectivity index (χ2n) is 4.27. The molecule has 16 heavy (non-hydrogen) atoms.